The number of hydrogen-bond acceptors (Lipinski definition) is 6. The highest BCUT2D eigenvalue weighted by atomic mass is 35.5. The lowest BCUT2D eigenvalue weighted by molar-refractivity contribution is 0.0736. The Bertz CT molecular complexity index is 1680. The number of carbonyl (C=O) groups is 1. The number of benzene rings is 3. The smallest absolute Gasteiger partial charge is 0.259 e. The molecule has 11 heteroatoms. The molecular formula is C27H21ClF2N6O2. The second-order valence-corrected chi connectivity index (χ2v) is 9.27. The molecule has 6 rings (SSSR count). The van der Waals surface area contributed by atoms with E-state index in [1.54, 1.807) is 19.2 Å². The van der Waals surface area contributed by atoms with Gasteiger partial charge in [0.05, 0.1) is 18.2 Å². The molecule has 1 aliphatic heterocycles. The predicted octanol–water partition coefficient (Wildman–Crippen LogP) is 4.85. The molecule has 1 fully saturated rings. The largest absolute Gasteiger partial charge is 0.496 e. The number of methoxy groups -OCH3 is 1. The van der Waals surface area contributed by atoms with Gasteiger partial charge in [-0.25, -0.2) is 18.2 Å². The molecule has 38 heavy (non-hydrogen) atoms. The van der Waals surface area contributed by atoms with Crippen molar-refractivity contribution in [3.05, 3.63) is 82.9 Å². The number of fused-ring (bicyclic) bond motifs is 3. The Balaban J connectivity index is 1.42. The van der Waals surface area contributed by atoms with Gasteiger partial charge >= 0.3 is 0 Å². The van der Waals surface area contributed by atoms with Crippen molar-refractivity contribution in [1.29, 1.82) is 0 Å². The number of anilines is 1. The number of nitrogens with zero attached hydrogens (tertiary/aromatic N) is 6. The number of carbonyl (C=O) groups excluding carboxylic acids is 1. The molecule has 3 aromatic carbocycles. The van der Waals surface area contributed by atoms with Gasteiger partial charge < -0.3 is 14.5 Å². The van der Waals surface area contributed by atoms with Gasteiger partial charge in [0.15, 0.2) is 11.5 Å². The quantitative estimate of drug-likeness (QED) is 0.328. The second kappa shape index (κ2) is 9.53. The number of aromatic nitrogens is 4. The van der Waals surface area contributed by atoms with Crippen molar-refractivity contribution in [3.8, 4) is 17.1 Å². The molecular weight excluding hydrogens is 514 g/mol. The first-order valence-corrected chi connectivity index (χ1v) is 12.3. The number of para-hydroxylation sites is 1. The Morgan fingerprint density at radius 2 is 1.68 bits per heavy atom. The summed E-state index contributed by atoms with van der Waals surface area (Å²) < 4.78 is 35.9. The molecule has 0 radical (unpaired) electrons. The van der Waals surface area contributed by atoms with Crippen LogP contribution in [0, 0.1) is 11.6 Å². The molecule has 0 bridgehead atoms. The fraction of sp³-hybridized carbons (Fsp3) is 0.185. The summed E-state index contributed by atoms with van der Waals surface area (Å²) in [5, 5.41) is 10.3. The van der Waals surface area contributed by atoms with Crippen LogP contribution in [0.2, 0.25) is 5.02 Å². The van der Waals surface area contributed by atoms with Crippen molar-refractivity contribution in [1.82, 2.24) is 24.5 Å². The Kier molecular flexibility index (Phi) is 6.03. The van der Waals surface area contributed by atoms with E-state index in [1.165, 1.54) is 11.0 Å². The van der Waals surface area contributed by atoms with E-state index in [-0.39, 0.29) is 13.1 Å². The number of halogens is 3. The van der Waals surface area contributed by atoms with E-state index < -0.39 is 23.1 Å². The van der Waals surface area contributed by atoms with Gasteiger partial charge in [0.2, 0.25) is 5.95 Å². The summed E-state index contributed by atoms with van der Waals surface area (Å²) in [5.41, 5.74) is 1.43. The molecule has 192 valence electrons. The first-order chi connectivity index (χ1) is 18.5. The van der Waals surface area contributed by atoms with Gasteiger partial charge in [0.25, 0.3) is 5.91 Å². The first-order valence-electron chi connectivity index (χ1n) is 11.9. The van der Waals surface area contributed by atoms with Crippen molar-refractivity contribution < 1.29 is 18.3 Å². The zero-order chi connectivity index (χ0) is 26.4. The zero-order valence-corrected chi connectivity index (χ0v) is 21.0. The van der Waals surface area contributed by atoms with E-state index in [4.69, 9.17) is 21.3 Å². The number of rotatable bonds is 4. The zero-order valence-electron chi connectivity index (χ0n) is 20.2. The summed E-state index contributed by atoms with van der Waals surface area (Å²) >= 11 is 6.27. The van der Waals surface area contributed by atoms with Crippen LogP contribution in [0.1, 0.15) is 10.4 Å². The van der Waals surface area contributed by atoms with Gasteiger partial charge in [-0.1, -0.05) is 29.8 Å². The third-order valence-corrected chi connectivity index (χ3v) is 6.89. The standard InChI is InChI=1S/C27H21ClF2N6O2/c1-38-22-8-3-2-5-18(22)25-33-32-24-17-10-9-16(28)15-21(17)31-27(36(24)25)35-13-11-34(12-14-35)26(37)23-19(29)6-4-7-20(23)30/h2-10,15H,11-14H2,1H3. The lowest BCUT2D eigenvalue weighted by Gasteiger charge is -2.35. The van der Waals surface area contributed by atoms with Gasteiger partial charge in [-0.3, -0.25) is 4.79 Å². The number of amides is 1. The maximum absolute atomic E-state index is 14.2. The monoisotopic (exact) mass is 534 g/mol. The van der Waals surface area contributed by atoms with E-state index in [9.17, 15) is 13.6 Å². The minimum atomic E-state index is -0.877. The highest BCUT2D eigenvalue weighted by molar-refractivity contribution is 6.31. The molecule has 2 aromatic heterocycles. The maximum atomic E-state index is 14.2. The topological polar surface area (TPSA) is 75.9 Å². The van der Waals surface area contributed by atoms with Gasteiger partial charge in [-0.15, -0.1) is 10.2 Å². The van der Waals surface area contributed by atoms with Crippen LogP contribution in [-0.4, -0.2) is 63.7 Å². The van der Waals surface area contributed by atoms with Gasteiger partial charge in [0.1, 0.15) is 22.9 Å². The van der Waals surface area contributed by atoms with Crippen molar-refractivity contribution in [2.24, 2.45) is 0 Å². The van der Waals surface area contributed by atoms with Crippen LogP contribution >= 0.6 is 11.6 Å². The van der Waals surface area contributed by atoms with Gasteiger partial charge in [-0.05, 0) is 42.5 Å². The highest BCUT2D eigenvalue weighted by Gasteiger charge is 2.29. The van der Waals surface area contributed by atoms with E-state index >= 15 is 0 Å². The summed E-state index contributed by atoms with van der Waals surface area (Å²) in [6, 6.07) is 16.3. The SMILES string of the molecule is COc1ccccc1-c1nnc2c3ccc(Cl)cc3nc(N3CCN(C(=O)c4c(F)cccc4F)CC3)n12. The molecule has 1 aliphatic rings. The molecule has 3 heterocycles. The first kappa shape index (κ1) is 24.1. The summed E-state index contributed by atoms with van der Waals surface area (Å²) in [7, 11) is 1.59. The summed E-state index contributed by atoms with van der Waals surface area (Å²) in [6.45, 7) is 1.24. The Hall–Kier alpha value is -4.31. The molecule has 0 unspecified atom stereocenters. The molecule has 0 atom stereocenters. The molecule has 8 nitrogen and oxygen atoms in total. The number of ether oxygens (including phenoxy) is 1. The maximum Gasteiger partial charge on any atom is 0.259 e. The molecule has 0 N–H and O–H groups in total. The van der Waals surface area contributed by atoms with Crippen LogP contribution in [-0.2, 0) is 0 Å². The van der Waals surface area contributed by atoms with Crippen molar-refractivity contribution in [2.75, 3.05) is 38.2 Å². The van der Waals surface area contributed by atoms with E-state index in [0.717, 1.165) is 23.1 Å². The lowest BCUT2D eigenvalue weighted by Crippen LogP contribution is -2.49. The molecule has 1 saturated heterocycles. The normalized spacial score (nSPS) is 13.9. The number of hydrogen-bond donors (Lipinski definition) is 0. The minimum absolute atomic E-state index is 0.246. The molecule has 0 aliphatic carbocycles. The minimum Gasteiger partial charge on any atom is -0.496 e. The average molecular weight is 535 g/mol. The lowest BCUT2D eigenvalue weighted by atomic mass is 10.1. The highest BCUT2D eigenvalue weighted by Crippen LogP contribution is 2.34. The van der Waals surface area contributed by atoms with Crippen LogP contribution in [0.4, 0.5) is 14.7 Å². The van der Waals surface area contributed by atoms with Crippen LogP contribution in [0.15, 0.2) is 60.7 Å². The third kappa shape index (κ3) is 3.97. The molecule has 1 amide bonds. The third-order valence-electron chi connectivity index (χ3n) is 6.66. The summed E-state index contributed by atoms with van der Waals surface area (Å²) in [5.74, 6) is -0.696. The van der Waals surface area contributed by atoms with Crippen LogP contribution in [0.3, 0.4) is 0 Å². The Morgan fingerprint density at radius 1 is 0.947 bits per heavy atom. The van der Waals surface area contributed by atoms with Crippen molar-refractivity contribution >= 4 is 40.0 Å². The van der Waals surface area contributed by atoms with Gasteiger partial charge in [-0.2, -0.15) is 0 Å². The Labute approximate surface area is 221 Å². The van der Waals surface area contributed by atoms with Crippen LogP contribution in [0.5, 0.6) is 5.75 Å². The van der Waals surface area contributed by atoms with E-state index in [1.807, 2.05) is 39.6 Å². The van der Waals surface area contributed by atoms with Crippen LogP contribution in [0.25, 0.3) is 27.9 Å². The van der Waals surface area contributed by atoms with Crippen LogP contribution < -0.4 is 9.64 Å². The van der Waals surface area contributed by atoms with Gasteiger partial charge in [0, 0.05) is 36.6 Å². The predicted molar refractivity (Wildman–Crippen MR) is 140 cm³/mol. The average Bonchev–Trinajstić information content (AvgIpc) is 3.37. The fourth-order valence-corrected chi connectivity index (χ4v) is 4.94. The second-order valence-electron chi connectivity index (χ2n) is 8.83. The van der Waals surface area contributed by atoms with Crippen molar-refractivity contribution in [2.45, 2.75) is 0 Å². The Morgan fingerprint density at radius 3 is 2.42 bits per heavy atom. The summed E-state index contributed by atoms with van der Waals surface area (Å²) in [6.07, 6.45) is 0. The molecule has 0 saturated carbocycles. The summed E-state index contributed by atoms with van der Waals surface area (Å²) in [4.78, 5) is 21.3. The van der Waals surface area contributed by atoms with Crippen molar-refractivity contribution in [3.63, 3.8) is 0 Å². The molecule has 5 aromatic rings. The molecule has 0 spiro atoms. The fourth-order valence-electron chi connectivity index (χ4n) is 4.78. The number of piperazine rings is 1. The van der Waals surface area contributed by atoms with E-state index in [2.05, 4.69) is 10.2 Å². The van der Waals surface area contributed by atoms with E-state index in [0.29, 0.717) is 46.8 Å².